The molecule has 0 bridgehead atoms. The Morgan fingerprint density at radius 2 is 2.33 bits per heavy atom. The second kappa shape index (κ2) is 3.76. The van der Waals surface area contributed by atoms with Crippen LogP contribution in [0.3, 0.4) is 0 Å². The largest absolute Gasteiger partial charge is 0.378 e. The Morgan fingerprint density at radius 3 is 2.67 bits per heavy atom. The lowest BCUT2D eigenvalue weighted by Crippen LogP contribution is -2.20. The van der Waals surface area contributed by atoms with Gasteiger partial charge in [-0.25, -0.2) is 0 Å². The molecule has 1 N–H and O–H groups in total. The molecule has 0 amide bonds. The van der Waals surface area contributed by atoms with Crippen molar-refractivity contribution < 1.29 is 5.11 Å². The molecule has 0 saturated heterocycles. The molecular formula is C7H11ClO. The van der Waals surface area contributed by atoms with Crippen LogP contribution in [-0.4, -0.2) is 16.6 Å². The smallest absolute Gasteiger partial charge is 0.122 e. The lowest BCUT2D eigenvalue weighted by molar-refractivity contribution is 0.112. The molecule has 0 heterocycles. The van der Waals surface area contributed by atoms with Crippen LogP contribution >= 0.6 is 11.6 Å². The van der Waals surface area contributed by atoms with Crippen molar-refractivity contribution in [3.63, 3.8) is 0 Å². The monoisotopic (exact) mass is 146 g/mol. The third kappa shape index (κ3) is 4.32. The average Bonchev–Trinajstić information content (AvgIpc) is 1.84. The zero-order chi connectivity index (χ0) is 7.33. The van der Waals surface area contributed by atoms with Gasteiger partial charge < -0.3 is 5.11 Å². The van der Waals surface area contributed by atoms with Crippen LogP contribution in [0, 0.1) is 12.3 Å². The fraction of sp³-hybridized carbons (Fsp3) is 0.714. The first-order valence-electron chi connectivity index (χ1n) is 2.88. The zero-order valence-corrected chi connectivity index (χ0v) is 6.28. The van der Waals surface area contributed by atoms with Crippen LogP contribution in [-0.2, 0) is 0 Å². The molecule has 0 saturated carbocycles. The summed E-state index contributed by atoms with van der Waals surface area (Å²) in [5.74, 6) is 2.83. The first-order chi connectivity index (χ1) is 4.12. The first kappa shape index (κ1) is 8.81. The number of terminal acetylenes is 1. The van der Waals surface area contributed by atoms with E-state index in [1.807, 2.05) is 0 Å². The molecule has 0 fully saturated rings. The Balaban J connectivity index is 3.49. The zero-order valence-electron chi connectivity index (χ0n) is 5.52. The van der Waals surface area contributed by atoms with Crippen molar-refractivity contribution in [1.82, 2.24) is 0 Å². The molecule has 9 heavy (non-hydrogen) atoms. The molecule has 0 radical (unpaired) electrons. The highest BCUT2D eigenvalue weighted by atomic mass is 35.5. The highest BCUT2D eigenvalue weighted by molar-refractivity contribution is 6.17. The molecule has 1 unspecified atom stereocenters. The summed E-state index contributed by atoms with van der Waals surface area (Å²) >= 11 is 5.38. The van der Waals surface area contributed by atoms with Crippen molar-refractivity contribution in [2.24, 2.45) is 0 Å². The Kier molecular flexibility index (Phi) is 3.68. The highest BCUT2D eigenvalue weighted by Gasteiger charge is 2.14. The van der Waals surface area contributed by atoms with Gasteiger partial charge in [-0.3, -0.25) is 0 Å². The van der Waals surface area contributed by atoms with E-state index in [2.05, 4.69) is 5.92 Å². The summed E-state index contributed by atoms with van der Waals surface area (Å²) < 4.78 is 0. The summed E-state index contributed by atoms with van der Waals surface area (Å²) in [6, 6.07) is 0. The standard InChI is InChI=1S/C7H11ClO/c1-3-7(2,9)5-4-6-8/h1,9H,4-6H2,2H3. The second-order valence-electron chi connectivity index (χ2n) is 2.21. The average molecular weight is 147 g/mol. The van der Waals surface area contributed by atoms with Gasteiger partial charge in [0.15, 0.2) is 0 Å². The van der Waals surface area contributed by atoms with Crippen molar-refractivity contribution >= 4 is 11.6 Å². The van der Waals surface area contributed by atoms with Crippen molar-refractivity contribution in [2.75, 3.05) is 5.88 Å². The van der Waals surface area contributed by atoms with Crippen LogP contribution in [0.15, 0.2) is 0 Å². The summed E-state index contributed by atoms with van der Waals surface area (Å²) in [6.45, 7) is 1.61. The molecular weight excluding hydrogens is 136 g/mol. The van der Waals surface area contributed by atoms with Gasteiger partial charge in [0.25, 0.3) is 0 Å². The fourth-order valence-corrected chi connectivity index (χ4v) is 0.617. The molecule has 52 valence electrons. The van der Waals surface area contributed by atoms with Crippen molar-refractivity contribution in [1.29, 1.82) is 0 Å². The fourth-order valence-electron chi connectivity index (χ4n) is 0.483. The minimum absolute atomic E-state index is 0.553. The van der Waals surface area contributed by atoms with Crippen LogP contribution in [0.2, 0.25) is 0 Å². The van der Waals surface area contributed by atoms with Crippen LogP contribution in [0.1, 0.15) is 19.8 Å². The number of rotatable bonds is 3. The van der Waals surface area contributed by atoms with Gasteiger partial charge in [-0.05, 0) is 19.8 Å². The second-order valence-corrected chi connectivity index (χ2v) is 2.59. The molecule has 1 nitrogen and oxygen atoms in total. The number of halogens is 1. The van der Waals surface area contributed by atoms with Gasteiger partial charge in [-0.2, -0.15) is 0 Å². The predicted molar refractivity (Wildman–Crippen MR) is 39.4 cm³/mol. The number of hydrogen-bond donors (Lipinski definition) is 1. The third-order valence-electron chi connectivity index (χ3n) is 1.11. The topological polar surface area (TPSA) is 20.2 Å². The maximum Gasteiger partial charge on any atom is 0.122 e. The number of hydrogen-bond acceptors (Lipinski definition) is 1. The van der Waals surface area contributed by atoms with E-state index >= 15 is 0 Å². The van der Waals surface area contributed by atoms with Crippen LogP contribution in [0.25, 0.3) is 0 Å². The number of alkyl halides is 1. The van der Waals surface area contributed by atoms with Gasteiger partial charge in [-0.1, -0.05) is 5.92 Å². The van der Waals surface area contributed by atoms with E-state index < -0.39 is 5.60 Å². The van der Waals surface area contributed by atoms with Gasteiger partial charge in [-0.15, -0.1) is 18.0 Å². The van der Waals surface area contributed by atoms with E-state index in [-0.39, 0.29) is 0 Å². The van der Waals surface area contributed by atoms with Crippen molar-refractivity contribution in [3.8, 4) is 12.3 Å². The van der Waals surface area contributed by atoms with E-state index in [0.717, 1.165) is 6.42 Å². The van der Waals surface area contributed by atoms with Crippen molar-refractivity contribution in [3.05, 3.63) is 0 Å². The molecule has 2 heteroatoms. The maximum absolute atomic E-state index is 9.16. The van der Waals surface area contributed by atoms with Crippen LogP contribution < -0.4 is 0 Å². The summed E-state index contributed by atoms with van der Waals surface area (Å²) in [5.41, 5.74) is -0.963. The summed E-state index contributed by atoms with van der Waals surface area (Å²) in [4.78, 5) is 0. The molecule has 0 aliphatic carbocycles. The molecule has 0 aromatic carbocycles. The quantitative estimate of drug-likeness (QED) is 0.471. The predicted octanol–water partition coefficient (Wildman–Crippen LogP) is 1.39. The Bertz CT molecular complexity index is 113. The lowest BCUT2D eigenvalue weighted by atomic mass is 10.0. The highest BCUT2D eigenvalue weighted by Crippen LogP contribution is 2.09. The minimum Gasteiger partial charge on any atom is -0.378 e. The third-order valence-corrected chi connectivity index (χ3v) is 1.38. The number of aliphatic hydroxyl groups is 1. The van der Waals surface area contributed by atoms with Gasteiger partial charge >= 0.3 is 0 Å². The molecule has 0 spiro atoms. The summed E-state index contributed by atoms with van der Waals surface area (Å²) in [6.07, 6.45) is 6.34. The SMILES string of the molecule is C#CC(C)(O)CCCCl. The van der Waals surface area contributed by atoms with Crippen LogP contribution in [0.4, 0.5) is 0 Å². The minimum atomic E-state index is -0.963. The Labute approximate surface area is 61.0 Å². The molecule has 1 atom stereocenters. The van der Waals surface area contributed by atoms with Gasteiger partial charge in [0.1, 0.15) is 5.60 Å². The molecule has 0 aromatic rings. The van der Waals surface area contributed by atoms with Gasteiger partial charge in [0.05, 0.1) is 0 Å². The Morgan fingerprint density at radius 1 is 1.78 bits per heavy atom. The Hall–Kier alpha value is -0.190. The van der Waals surface area contributed by atoms with Crippen molar-refractivity contribution in [2.45, 2.75) is 25.4 Å². The molecule has 0 aliphatic heterocycles. The van der Waals surface area contributed by atoms with E-state index in [0.29, 0.717) is 12.3 Å². The van der Waals surface area contributed by atoms with E-state index in [9.17, 15) is 0 Å². The maximum atomic E-state index is 9.16. The van der Waals surface area contributed by atoms with Gasteiger partial charge in [0, 0.05) is 5.88 Å². The molecule has 0 rings (SSSR count). The van der Waals surface area contributed by atoms with E-state index in [1.165, 1.54) is 0 Å². The van der Waals surface area contributed by atoms with E-state index in [1.54, 1.807) is 6.92 Å². The summed E-state index contributed by atoms with van der Waals surface area (Å²) in [7, 11) is 0. The normalized spacial score (nSPS) is 16.2. The first-order valence-corrected chi connectivity index (χ1v) is 3.42. The molecule has 0 aromatic heterocycles. The lowest BCUT2D eigenvalue weighted by Gasteiger charge is -2.13. The van der Waals surface area contributed by atoms with Gasteiger partial charge in [0.2, 0.25) is 0 Å². The van der Waals surface area contributed by atoms with E-state index in [4.69, 9.17) is 23.1 Å². The van der Waals surface area contributed by atoms with Crippen LogP contribution in [0.5, 0.6) is 0 Å². The summed E-state index contributed by atoms with van der Waals surface area (Å²) in [5, 5.41) is 9.16. The molecule has 0 aliphatic rings.